The van der Waals surface area contributed by atoms with E-state index in [-0.39, 0.29) is 36.5 Å². The topological polar surface area (TPSA) is 48.0 Å². The third-order valence-electron chi connectivity index (χ3n) is 7.23. The summed E-state index contributed by atoms with van der Waals surface area (Å²) in [5, 5.41) is 0. The molecule has 2 saturated heterocycles. The van der Waals surface area contributed by atoms with Gasteiger partial charge in [0, 0.05) is 6.04 Å². The number of ether oxygens (including phenoxy) is 1. The van der Waals surface area contributed by atoms with Gasteiger partial charge in [0.1, 0.15) is 5.60 Å². The summed E-state index contributed by atoms with van der Waals surface area (Å²) in [7, 11) is -0.345. The van der Waals surface area contributed by atoms with Crippen LogP contribution in [0.1, 0.15) is 79.7 Å². The molecule has 1 aromatic rings. The maximum atomic E-state index is 12.8. The van der Waals surface area contributed by atoms with Crippen molar-refractivity contribution < 1.29 is 18.8 Å². The van der Waals surface area contributed by atoms with Crippen LogP contribution in [-0.2, 0) is 20.5 Å². The van der Waals surface area contributed by atoms with Gasteiger partial charge in [0.05, 0.1) is 17.2 Å². The highest BCUT2D eigenvalue weighted by Gasteiger charge is 2.51. The number of hydrogen-bond acceptors (Lipinski definition) is 4. The molecule has 0 N–H and O–H groups in total. The van der Waals surface area contributed by atoms with Crippen LogP contribution in [0, 0.1) is 0 Å². The Bertz CT molecular complexity index is 885. The minimum absolute atomic E-state index is 0.138. The Hall–Kier alpha value is -1.79. The molecule has 6 heteroatoms. The summed E-state index contributed by atoms with van der Waals surface area (Å²) in [6, 6.07) is 8.92. The molecule has 0 aromatic heterocycles. The number of rotatable bonds is 3. The lowest BCUT2D eigenvalue weighted by molar-refractivity contribution is -0.00150. The molecule has 0 radical (unpaired) electrons. The molecular weight excluding hydrogens is 401 g/mol. The zero-order chi connectivity index (χ0) is 23.3. The van der Waals surface area contributed by atoms with Gasteiger partial charge in [0.15, 0.2) is 0 Å². The van der Waals surface area contributed by atoms with Gasteiger partial charge in [-0.2, -0.15) is 0 Å². The lowest BCUT2D eigenvalue weighted by Gasteiger charge is -2.45. The van der Waals surface area contributed by atoms with E-state index in [4.69, 9.17) is 14.0 Å². The van der Waals surface area contributed by atoms with E-state index in [1.165, 1.54) is 11.1 Å². The van der Waals surface area contributed by atoms with Crippen LogP contribution in [0.3, 0.4) is 0 Å². The summed E-state index contributed by atoms with van der Waals surface area (Å²) in [6.45, 7) is 14.1. The smallest absolute Gasteiger partial charge is 0.444 e. The molecule has 1 aromatic carbocycles. The van der Waals surface area contributed by atoms with E-state index in [0.29, 0.717) is 0 Å². The highest BCUT2D eigenvalue weighted by molar-refractivity contribution is 6.62. The fraction of sp³-hybridized carbons (Fsp3) is 0.654. The van der Waals surface area contributed by atoms with Crippen LogP contribution >= 0.6 is 0 Å². The maximum absolute atomic E-state index is 12.8. The van der Waals surface area contributed by atoms with Gasteiger partial charge < -0.3 is 14.0 Å². The third-order valence-corrected chi connectivity index (χ3v) is 7.23. The van der Waals surface area contributed by atoms with Crippen LogP contribution in [0.25, 0.3) is 0 Å². The summed E-state index contributed by atoms with van der Waals surface area (Å²) in [4.78, 5) is 14.8. The first kappa shape index (κ1) is 23.4. The molecule has 4 rings (SSSR count). The Morgan fingerprint density at radius 3 is 2.47 bits per heavy atom. The number of nitrogens with zero attached hydrogens (tertiary/aromatic N) is 1. The van der Waals surface area contributed by atoms with Crippen molar-refractivity contribution in [2.24, 2.45) is 0 Å². The first-order chi connectivity index (χ1) is 14.8. The van der Waals surface area contributed by atoms with Gasteiger partial charge >= 0.3 is 13.2 Å². The first-order valence-corrected chi connectivity index (χ1v) is 12.0. The Morgan fingerprint density at radius 1 is 1.16 bits per heavy atom. The normalized spacial score (nSPS) is 26.7. The minimum Gasteiger partial charge on any atom is -0.444 e. The van der Waals surface area contributed by atoms with Crippen LogP contribution in [0.4, 0.5) is 4.79 Å². The van der Waals surface area contributed by atoms with Gasteiger partial charge in [0.2, 0.25) is 0 Å². The number of fused-ring (bicyclic) bond motifs is 2. The molecule has 3 aliphatic heterocycles. The van der Waals surface area contributed by atoms with Crippen LogP contribution < -0.4 is 5.46 Å². The van der Waals surface area contributed by atoms with Gasteiger partial charge in [-0.05, 0) is 91.6 Å². The fourth-order valence-electron chi connectivity index (χ4n) is 4.94. The van der Waals surface area contributed by atoms with E-state index >= 15 is 0 Å². The molecule has 2 atom stereocenters. The van der Waals surface area contributed by atoms with Crippen molar-refractivity contribution in [2.45, 2.75) is 109 Å². The molecule has 2 unspecified atom stereocenters. The zero-order valence-corrected chi connectivity index (χ0v) is 20.7. The number of carbonyl (C=O) groups excluding carboxylic acids is 1. The molecule has 0 spiro atoms. The van der Waals surface area contributed by atoms with Crippen molar-refractivity contribution in [3.05, 3.63) is 41.5 Å². The van der Waals surface area contributed by atoms with Gasteiger partial charge in [-0.3, -0.25) is 4.90 Å². The highest BCUT2D eigenvalue weighted by Crippen LogP contribution is 2.37. The average Bonchev–Trinajstić information content (AvgIpc) is 2.87. The quantitative estimate of drug-likeness (QED) is 0.490. The number of amides is 1. The SMILES string of the molecule is CC(C)(C)OC(=O)N1C2C=C(Cc3cccc(B4OC(C)(C)C(C)(C)O4)c3)CC1CCC2. The summed E-state index contributed by atoms with van der Waals surface area (Å²) in [5.41, 5.74) is 2.57. The number of piperidine rings is 1. The van der Waals surface area contributed by atoms with E-state index in [1.807, 2.05) is 25.7 Å². The Kier molecular flexibility index (Phi) is 6.00. The van der Waals surface area contributed by atoms with Crippen LogP contribution in [0.5, 0.6) is 0 Å². The number of hydrogen-bond donors (Lipinski definition) is 0. The molecule has 174 valence electrons. The van der Waals surface area contributed by atoms with Gasteiger partial charge in [-0.25, -0.2) is 4.79 Å². The Balaban J connectivity index is 1.49. The van der Waals surface area contributed by atoms with Crippen molar-refractivity contribution >= 4 is 18.7 Å². The lowest BCUT2D eigenvalue weighted by Crippen LogP contribution is -2.53. The molecule has 3 heterocycles. The van der Waals surface area contributed by atoms with Gasteiger partial charge in [0.25, 0.3) is 0 Å². The van der Waals surface area contributed by atoms with Crippen LogP contribution in [0.15, 0.2) is 35.9 Å². The van der Waals surface area contributed by atoms with Crippen LogP contribution in [0.2, 0.25) is 0 Å². The molecule has 2 bridgehead atoms. The van der Waals surface area contributed by atoms with Crippen molar-refractivity contribution in [3.63, 3.8) is 0 Å². The second-order valence-corrected chi connectivity index (χ2v) is 11.6. The number of benzene rings is 1. The molecule has 1 amide bonds. The van der Waals surface area contributed by atoms with Crippen molar-refractivity contribution in [3.8, 4) is 0 Å². The van der Waals surface area contributed by atoms with E-state index in [9.17, 15) is 4.79 Å². The average molecular weight is 439 g/mol. The third kappa shape index (κ3) is 4.77. The minimum atomic E-state index is -0.469. The second kappa shape index (κ2) is 8.21. The largest absolute Gasteiger partial charge is 0.494 e. The van der Waals surface area contributed by atoms with Gasteiger partial charge in [-0.1, -0.05) is 35.9 Å². The molecule has 2 fully saturated rings. The summed E-state index contributed by atoms with van der Waals surface area (Å²) < 4.78 is 18.2. The fourth-order valence-corrected chi connectivity index (χ4v) is 4.94. The van der Waals surface area contributed by atoms with Crippen molar-refractivity contribution in [1.82, 2.24) is 4.90 Å². The summed E-state index contributed by atoms with van der Waals surface area (Å²) in [6.07, 6.45) is 7.15. The van der Waals surface area contributed by atoms with E-state index in [2.05, 4.69) is 58.0 Å². The van der Waals surface area contributed by atoms with Crippen molar-refractivity contribution in [1.29, 1.82) is 0 Å². The molecule has 3 aliphatic rings. The van der Waals surface area contributed by atoms with Crippen LogP contribution in [-0.4, -0.2) is 47.0 Å². The van der Waals surface area contributed by atoms with E-state index in [0.717, 1.165) is 37.6 Å². The van der Waals surface area contributed by atoms with Crippen molar-refractivity contribution in [2.75, 3.05) is 0 Å². The van der Waals surface area contributed by atoms with E-state index in [1.54, 1.807) is 0 Å². The second-order valence-electron chi connectivity index (χ2n) is 11.6. The zero-order valence-electron chi connectivity index (χ0n) is 20.7. The Morgan fingerprint density at radius 2 is 1.84 bits per heavy atom. The summed E-state index contributed by atoms with van der Waals surface area (Å²) >= 11 is 0. The predicted octanol–water partition coefficient (Wildman–Crippen LogP) is 5.02. The maximum Gasteiger partial charge on any atom is 0.494 e. The Labute approximate surface area is 193 Å². The van der Waals surface area contributed by atoms with E-state index < -0.39 is 5.60 Å². The molecular formula is C26H38BNO4. The molecule has 5 nitrogen and oxygen atoms in total. The van der Waals surface area contributed by atoms with Gasteiger partial charge in [-0.15, -0.1) is 0 Å². The number of carbonyl (C=O) groups is 1. The lowest BCUT2D eigenvalue weighted by atomic mass is 9.77. The molecule has 0 saturated carbocycles. The highest BCUT2D eigenvalue weighted by atomic mass is 16.7. The monoisotopic (exact) mass is 439 g/mol. The standard InChI is InChI=1S/C26H38BNO4/c1-24(2,3)30-23(29)28-21-12-9-13-22(28)17-19(16-21)14-18-10-8-11-20(15-18)27-31-25(4,5)26(6,7)32-27/h8,10-11,15-16,21-22H,9,12-14,17H2,1-7H3. The first-order valence-electron chi connectivity index (χ1n) is 12.0. The predicted molar refractivity (Wildman–Crippen MR) is 128 cm³/mol. The molecule has 0 aliphatic carbocycles. The summed E-state index contributed by atoms with van der Waals surface area (Å²) in [5.74, 6) is 0. The molecule has 32 heavy (non-hydrogen) atoms.